The fourth-order valence-electron chi connectivity index (χ4n) is 6.35. The zero-order chi connectivity index (χ0) is 24.8. The van der Waals surface area contributed by atoms with Crippen LogP contribution in [-0.4, -0.2) is 66.1 Å². The maximum atomic E-state index is 14.8. The van der Waals surface area contributed by atoms with Crippen molar-refractivity contribution >= 4 is 29.0 Å². The number of carbonyl (C=O) groups is 1. The van der Waals surface area contributed by atoms with Crippen molar-refractivity contribution in [1.82, 2.24) is 20.2 Å². The van der Waals surface area contributed by atoms with Crippen molar-refractivity contribution in [2.45, 2.75) is 51.1 Å². The lowest BCUT2D eigenvalue weighted by Crippen LogP contribution is -2.45. The van der Waals surface area contributed by atoms with E-state index in [0.29, 0.717) is 23.8 Å². The van der Waals surface area contributed by atoms with Gasteiger partial charge in [0.1, 0.15) is 0 Å². The highest BCUT2D eigenvalue weighted by Crippen LogP contribution is 2.50. The van der Waals surface area contributed by atoms with E-state index in [1.54, 1.807) is 0 Å². The van der Waals surface area contributed by atoms with Crippen molar-refractivity contribution in [1.29, 1.82) is 0 Å². The summed E-state index contributed by atoms with van der Waals surface area (Å²) in [5, 5.41) is 9.73. The number of aromatic nitrogens is 2. The van der Waals surface area contributed by atoms with E-state index in [1.807, 2.05) is 6.07 Å². The summed E-state index contributed by atoms with van der Waals surface area (Å²) in [6.45, 7) is 6.26. The fourth-order valence-corrected chi connectivity index (χ4v) is 6.35. The average Bonchev–Trinajstić information content (AvgIpc) is 3.44. The van der Waals surface area contributed by atoms with Gasteiger partial charge >= 0.3 is 0 Å². The van der Waals surface area contributed by atoms with E-state index in [9.17, 15) is 9.18 Å². The SMILES string of the molecule is Cc1cc(Nc2ncc(F)c(NC3C4CCC(C4)C3C(=O)NC3CC3)n2)ccc1N1CCN(C)CC1. The van der Waals surface area contributed by atoms with Crippen molar-refractivity contribution in [2.24, 2.45) is 17.8 Å². The summed E-state index contributed by atoms with van der Waals surface area (Å²) in [6.07, 6.45) is 6.51. The summed E-state index contributed by atoms with van der Waals surface area (Å²) < 4.78 is 14.8. The van der Waals surface area contributed by atoms with Gasteiger partial charge in [0, 0.05) is 49.6 Å². The number of likely N-dealkylation sites (N-methyl/N-ethyl adjacent to an activating group) is 1. The smallest absolute Gasteiger partial charge is 0.229 e. The molecular weight excluding hydrogens is 457 g/mol. The van der Waals surface area contributed by atoms with Crippen LogP contribution in [0.25, 0.3) is 0 Å². The molecule has 8 nitrogen and oxygen atoms in total. The first-order valence-electron chi connectivity index (χ1n) is 13.4. The molecule has 1 saturated heterocycles. The number of nitrogens with one attached hydrogen (secondary N) is 3. The summed E-state index contributed by atoms with van der Waals surface area (Å²) in [5.74, 6) is 0.751. The molecule has 1 aliphatic heterocycles. The average molecular weight is 494 g/mol. The van der Waals surface area contributed by atoms with E-state index in [0.717, 1.165) is 64.0 Å². The third-order valence-corrected chi connectivity index (χ3v) is 8.49. The van der Waals surface area contributed by atoms with Crippen molar-refractivity contribution in [3.05, 3.63) is 35.8 Å². The quantitative estimate of drug-likeness (QED) is 0.544. The minimum absolute atomic E-state index is 0.0927. The molecule has 2 aromatic rings. The summed E-state index contributed by atoms with van der Waals surface area (Å²) in [5.41, 5.74) is 3.28. The zero-order valence-electron chi connectivity index (χ0n) is 21.1. The van der Waals surface area contributed by atoms with Gasteiger partial charge in [-0.2, -0.15) is 4.98 Å². The van der Waals surface area contributed by atoms with Gasteiger partial charge in [0.15, 0.2) is 11.6 Å². The first-order chi connectivity index (χ1) is 17.4. The second-order valence-corrected chi connectivity index (χ2v) is 11.1. The van der Waals surface area contributed by atoms with Gasteiger partial charge in [-0.25, -0.2) is 9.37 Å². The predicted octanol–water partition coefficient (Wildman–Crippen LogP) is 3.52. The molecule has 3 N–H and O–H groups in total. The maximum Gasteiger partial charge on any atom is 0.229 e. The van der Waals surface area contributed by atoms with Crippen LogP contribution in [0.3, 0.4) is 0 Å². The largest absolute Gasteiger partial charge is 0.369 e. The molecule has 1 aromatic heterocycles. The molecule has 0 spiro atoms. The number of nitrogens with zero attached hydrogens (tertiary/aromatic N) is 4. The number of rotatable bonds is 7. The Hall–Kier alpha value is -2.94. The van der Waals surface area contributed by atoms with Gasteiger partial charge in [0.25, 0.3) is 0 Å². The van der Waals surface area contributed by atoms with Crippen LogP contribution in [0, 0.1) is 30.5 Å². The van der Waals surface area contributed by atoms with Crippen LogP contribution in [0.4, 0.5) is 27.5 Å². The van der Waals surface area contributed by atoms with Crippen molar-refractivity contribution in [3.63, 3.8) is 0 Å². The third kappa shape index (κ3) is 4.73. The molecule has 3 saturated carbocycles. The molecule has 3 aliphatic carbocycles. The molecule has 4 atom stereocenters. The fraction of sp³-hybridized carbons (Fsp3) is 0.593. The van der Waals surface area contributed by atoms with Gasteiger partial charge in [-0.1, -0.05) is 0 Å². The molecule has 1 amide bonds. The molecule has 2 heterocycles. The molecule has 4 unspecified atom stereocenters. The third-order valence-electron chi connectivity index (χ3n) is 8.49. The van der Waals surface area contributed by atoms with E-state index in [-0.39, 0.29) is 23.7 Å². The highest BCUT2D eigenvalue weighted by molar-refractivity contribution is 5.81. The van der Waals surface area contributed by atoms with Gasteiger partial charge < -0.3 is 25.8 Å². The molecule has 6 rings (SSSR count). The first-order valence-corrected chi connectivity index (χ1v) is 13.4. The number of carbonyl (C=O) groups excluding carboxylic acids is 1. The van der Waals surface area contributed by atoms with E-state index < -0.39 is 5.82 Å². The molecular formula is C27H36FN7O. The minimum atomic E-state index is -0.494. The summed E-state index contributed by atoms with van der Waals surface area (Å²) in [6, 6.07) is 6.47. The van der Waals surface area contributed by atoms with E-state index in [1.165, 1.54) is 17.4 Å². The Morgan fingerprint density at radius 3 is 2.61 bits per heavy atom. The molecule has 192 valence electrons. The molecule has 2 bridgehead atoms. The van der Waals surface area contributed by atoms with E-state index in [2.05, 4.69) is 61.8 Å². The van der Waals surface area contributed by atoms with Gasteiger partial charge in [0.05, 0.1) is 12.1 Å². The number of benzene rings is 1. The zero-order valence-corrected chi connectivity index (χ0v) is 21.1. The number of piperazine rings is 1. The predicted molar refractivity (Wildman–Crippen MR) is 139 cm³/mol. The van der Waals surface area contributed by atoms with Crippen molar-refractivity contribution < 1.29 is 9.18 Å². The highest BCUT2D eigenvalue weighted by atomic mass is 19.1. The summed E-state index contributed by atoms with van der Waals surface area (Å²) in [4.78, 5) is 26.4. The lowest BCUT2D eigenvalue weighted by molar-refractivity contribution is -0.127. The summed E-state index contributed by atoms with van der Waals surface area (Å²) in [7, 11) is 2.16. The number of anilines is 4. The first kappa shape index (κ1) is 23.5. The van der Waals surface area contributed by atoms with Crippen LogP contribution in [0.1, 0.15) is 37.7 Å². The monoisotopic (exact) mass is 493 g/mol. The lowest BCUT2D eigenvalue weighted by atomic mass is 9.83. The second-order valence-electron chi connectivity index (χ2n) is 11.1. The topological polar surface area (TPSA) is 85.4 Å². The van der Waals surface area contributed by atoms with Crippen molar-refractivity contribution in [3.8, 4) is 0 Å². The second kappa shape index (κ2) is 9.50. The maximum absolute atomic E-state index is 14.8. The van der Waals surface area contributed by atoms with Crippen LogP contribution < -0.4 is 20.9 Å². The highest BCUT2D eigenvalue weighted by Gasteiger charge is 2.51. The molecule has 4 aliphatic rings. The molecule has 1 aromatic carbocycles. The number of aryl methyl sites for hydroxylation is 1. The minimum Gasteiger partial charge on any atom is -0.369 e. The Morgan fingerprint density at radius 1 is 1.08 bits per heavy atom. The van der Waals surface area contributed by atoms with Gasteiger partial charge in [-0.05, 0) is 81.7 Å². The van der Waals surface area contributed by atoms with Crippen LogP contribution >= 0.6 is 0 Å². The van der Waals surface area contributed by atoms with Gasteiger partial charge in [-0.15, -0.1) is 0 Å². The molecule has 0 radical (unpaired) electrons. The standard InChI is InChI=1S/C27H36FN7O/c1-16-13-20(7-8-22(16)35-11-9-34(2)10-12-35)31-27-29-15-21(28)25(33-27)32-24-18-4-3-17(14-18)23(24)26(36)30-19-5-6-19/h7-8,13,15,17-19,23-24H,3-6,9-12,14H2,1-2H3,(H,30,36)(H2,29,31,32,33). The van der Waals surface area contributed by atoms with Crippen LogP contribution in [0.5, 0.6) is 0 Å². The van der Waals surface area contributed by atoms with Crippen LogP contribution in [-0.2, 0) is 4.79 Å². The van der Waals surface area contributed by atoms with Crippen molar-refractivity contribution in [2.75, 3.05) is 48.8 Å². The van der Waals surface area contributed by atoms with E-state index in [4.69, 9.17) is 0 Å². The molecule has 9 heteroatoms. The number of hydrogen-bond donors (Lipinski definition) is 3. The Labute approximate surface area is 212 Å². The van der Waals surface area contributed by atoms with E-state index >= 15 is 0 Å². The Kier molecular flexibility index (Phi) is 6.19. The lowest BCUT2D eigenvalue weighted by Gasteiger charge is -2.35. The number of halogens is 1. The Bertz CT molecular complexity index is 1130. The van der Waals surface area contributed by atoms with Gasteiger partial charge in [0.2, 0.25) is 11.9 Å². The van der Waals surface area contributed by atoms with Crippen LogP contribution in [0.15, 0.2) is 24.4 Å². The summed E-state index contributed by atoms with van der Waals surface area (Å²) >= 11 is 0. The number of hydrogen-bond acceptors (Lipinski definition) is 7. The Morgan fingerprint density at radius 2 is 1.86 bits per heavy atom. The van der Waals surface area contributed by atoms with Gasteiger partial charge in [-0.3, -0.25) is 4.79 Å². The number of amides is 1. The molecule has 36 heavy (non-hydrogen) atoms. The normalized spacial score (nSPS) is 27.8. The van der Waals surface area contributed by atoms with Crippen LogP contribution in [0.2, 0.25) is 0 Å². The molecule has 4 fully saturated rings. The Balaban J connectivity index is 1.16. The number of fused-ring (bicyclic) bond motifs is 2.